The van der Waals surface area contributed by atoms with Crippen molar-refractivity contribution < 1.29 is 14.3 Å². The van der Waals surface area contributed by atoms with E-state index in [4.69, 9.17) is 5.11 Å². The summed E-state index contributed by atoms with van der Waals surface area (Å²) in [6.45, 7) is 1.91. The molecule has 0 saturated heterocycles. The molecule has 6 heteroatoms. The number of aromatic nitrogens is 1. The summed E-state index contributed by atoms with van der Waals surface area (Å²) in [4.78, 5) is 16.9. The number of carboxylic acid groups (broad SMARTS) is 1. The van der Waals surface area contributed by atoms with Crippen LogP contribution in [0.15, 0.2) is 29.6 Å². The van der Waals surface area contributed by atoms with E-state index in [-0.39, 0.29) is 18.3 Å². The summed E-state index contributed by atoms with van der Waals surface area (Å²) >= 11 is 1.44. The molecule has 1 atom stereocenters. The Morgan fingerprint density at radius 1 is 1.48 bits per heavy atom. The minimum Gasteiger partial charge on any atom is -0.481 e. The highest BCUT2D eigenvalue weighted by molar-refractivity contribution is 7.13. The molecule has 1 heterocycles. The summed E-state index contributed by atoms with van der Waals surface area (Å²) in [5, 5.41) is 11.3. The van der Waals surface area contributed by atoms with Crippen LogP contribution in [0.4, 0.5) is 9.52 Å². The van der Waals surface area contributed by atoms with E-state index in [1.807, 2.05) is 30.3 Å². The molecule has 1 unspecified atom stereocenters. The highest BCUT2D eigenvalue weighted by Crippen LogP contribution is 2.29. The maximum Gasteiger partial charge on any atom is 0.303 e. The number of benzene rings is 1. The van der Waals surface area contributed by atoms with Gasteiger partial charge in [-0.15, -0.1) is 11.3 Å². The Morgan fingerprint density at radius 2 is 2.19 bits per heavy atom. The maximum atomic E-state index is 13.8. The van der Waals surface area contributed by atoms with Gasteiger partial charge in [-0.1, -0.05) is 18.2 Å². The molecule has 2 rings (SSSR count). The standard InChI is InChI=1S/C15H17FN2O2S/c1-10(12-5-3-4-6-13(12)16)18(2)15-17-11(9-21-15)7-8-14(19)20/h3-6,9-10H,7-8H2,1-2H3,(H,19,20). The molecule has 0 aliphatic heterocycles. The van der Waals surface area contributed by atoms with E-state index in [0.717, 1.165) is 10.8 Å². The van der Waals surface area contributed by atoms with Gasteiger partial charge in [-0.25, -0.2) is 9.37 Å². The van der Waals surface area contributed by atoms with Gasteiger partial charge in [0.25, 0.3) is 0 Å². The van der Waals surface area contributed by atoms with Gasteiger partial charge in [0.05, 0.1) is 18.2 Å². The molecular weight excluding hydrogens is 291 g/mol. The molecule has 21 heavy (non-hydrogen) atoms. The minimum absolute atomic E-state index is 0.0652. The van der Waals surface area contributed by atoms with Gasteiger partial charge < -0.3 is 10.0 Å². The first-order valence-corrected chi connectivity index (χ1v) is 7.50. The summed E-state index contributed by atoms with van der Waals surface area (Å²) in [5.74, 6) is -1.07. The highest BCUT2D eigenvalue weighted by atomic mass is 32.1. The van der Waals surface area contributed by atoms with E-state index in [1.165, 1.54) is 17.4 Å². The van der Waals surface area contributed by atoms with E-state index in [2.05, 4.69) is 4.98 Å². The highest BCUT2D eigenvalue weighted by Gasteiger charge is 2.18. The van der Waals surface area contributed by atoms with Gasteiger partial charge in [0.15, 0.2) is 5.13 Å². The van der Waals surface area contributed by atoms with Gasteiger partial charge >= 0.3 is 5.97 Å². The normalized spacial score (nSPS) is 12.1. The van der Waals surface area contributed by atoms with E-state index in [0.29, 0.717) is 12.0 Å². The van der Waals surface area contributed by atoms with Crippen molar-refractivity contribution in [1.82, 2.24) is 4.98 Å². The summed E-state index contributed by atoms with van der Waals surface area (Å²) in [5.41, 5.74) is 1.37. The molecule has 0 bridgehead atoms. The van der Waals surface area contributed by atoms with Crippen molar-refractivity contribution in [3.05, 3.63) is 46.7 Å². The Bertz CT molecular complexity index is 630. The van der Waals surface area contributed by atoms with Crippen molar-refractivity contribution in [1.29, 1.82) is 0 Å². The molecule has 1 aromatic heterocycles. The van der Waals surface area contributed by atoms with Crippen molar-refractivity contribution in [2.24, 2.45) is 0 Å². The van der Waals surface area contributed by atoms with Crippen LogP contribution in [-0.4, -0.2) is 23.1 Å². The number of aliphatic carboxylic acids is 1. The maximum absolute atomic E-state index is 13.8. The Morgan fingerprint density at radius 3 is 2.86 bits per heavy atom. The molecule has 0 fully saturated rings. The summed E-state index contributed by atoms with van der Waals surface area (Å²) in [6, 6.07) is 6.53. The SMILES string of the molecule is CC(c1ccccc1F)N(C)c1nc(CCC(=O)O)cs1. The lowest BCUT2D eigenvalue weighted by molar-refractivity contribution is -0.136. The Kier molecular flexibility index (Phi) is 4.90. The molecule has 1 aromatic carbocycles. The lowest BCUT2D eigenvalue weighted by Gasteiger charge is -2.24. The zero-order valence-corrected chi connectivity index (χ0v) is 12.7. The molecule has 1 N–H and O–H groups in total. The molecule has 112 valence electrons. The number of anilines is 1. The number of rotatable bonds is 6. The fourth-order valence-corrected chi connectivity index (χ4v) is 2.90. The second-order valence-corrected chi connectivity index (χ2v) is 5.66. The topological polar surface area (TPSA) is 53.4 Å². The predicted molar refractivity (Wildman–Crippen MR) is 81.3 cm³/mol. The Hall–Kier alpha value is -1.95. The van der Waals surface area contributed by atoms with Crippen molar-refractivity contribution in [3.8, 4) is 0 Å². The fourth-order valence-electron chi connectivity index (χ4n) is 2.00. The van der Waals surface area contributed by atoms with Gasteiger partial charge in [0.2, 0.25) is 0 Å². The molecule has 4 nitrogen and oxygen atoms in total. The van der Waals surface area contributed by atoms with Crippen molar-refractivity contribution >= 4 is 22.4 Å². The van der Waals surface area contributed by atoms with E-state index >= 15 is 0 Å². The summed E-state index contributed by atoms with van der Waals surface area (Å²) < 4.78 is 13.8. The van der Waals surface area contributed by atoms with Crippen molar-refractivity contribution in [3.63, 3.8) is 0 Å². The van der Waals surface area contributed by atoms with Gasteiger partial charge in [0.1, 0.15) is 5.82 Å². The number of carbonyl (C=O) groups is 1. The van der Waals surface area contributed by atoms with Gasteiger partial charge in [-0.2, -0.15) is 0 Å². The molecule has 2 aromatic rings. The van der Waals surface area contributed by atoms with Gasteiger partial charge in [-0.05, 0) is 13.0 Å². The summed E-state index contributed by atoms with van der Waals surface area (Å²) in [6.07, 6.45) is 0.476. The van der Waals surface area contributed by atoms with Crippen LogP contribution < -0.4 is 4.90 Å². The predicted octanol–water partition coefficient (Wildman–Crippen LogP) is 3.50. The van der Waals surface area contributed by atoms with Crippen LogP contribution in [0.5, 0.6) is 0 Å². The van der Waals surface area contributed by atoms with Crippen LogP contribution in [0.25, 0.3) is 0 Å². The van der Waals surface area contributed by atoms with Crippen LogP contribution in [0.1, 0.15) is 30.6 Å². The second-order valence-electron chi connectivity index (χ2n) is 4.82. The first kappa shape index (κ1) is 15.4. The molecule has 0 spiro atoms. The van der Waals surface area contributed by atoms with Crippen LogP contribution in [0, 0.1) is 5.82 Å². The van der Waals surface area contributed by atoms with Gasteiger partial charge in [0, 0.05) is 24.4 Å². The second kappa shape index (κ2) is 6.67. The molecule has 0 amide bonds. The third kappa shape index (κ3) is 3.78. The van der Waals surface area contributed by atoms with Crippen molar-refractivity contribution in [2.45, 2.75) is 25.8 Å². The fraction of sp³-hybridized carbons (Fsp3) is 0.333. The smallest absolute Gasteiger partial charge is 0.303 e. The first-order chi connectivity index (χ1) is 9.99. The molecular formula is C15H17FN2O2S. The number of carboxylic acids is 1. The third-order valence-corrected chi connectivity index (χ3v) is 4.35. The Labute approximate surface area is 126 Å². The number of aryl methyl sites for hydroxylation is 1. The number of nitrogens with zero attached hydrogens (tertiary/aromatic N) is 2. The van der Waals surface area contributed by atoms with Crippen molar-refractivity contribution in [2.75, 3.05) is 11.9 Å². The lowest BCUT2D eigenvalue weighted by Crippen LogP contribution is -2.22. The number of hydrogen-bond acceptors (Lipinski definition) is 4. The van der Waals surface area contributed by atoms with Crippen LogP contribution in [-0.2, 0) is 11.2 Å². The third-order valence-electron chi connectivity index (χ3n) is 3.37. The Balaban J connectivity index is 2.11. The average molecular weight is 308 g/mol. The molecule has 0 saturated carbocycles. The first-order valence-electron chi connectivity index (χ1n) is 6.62. The average Bonchev–Trinajstić information content (AvgIpc) is 2.93. The van der Waals surface area contributed by atoms with Crippen LogP contribution in [0.2, 0.25) is 0 Å². The van der Waals surface area contributed by atoms with E-state index in [9.17, 15) is 9.18 Å². The van der Waals surface area contributed by atoms with Crippen LogP contribution >= 0.6 is 11.3 Å². The largest absolute Gasteiger partial charge is 0.481 e. The number of halogens is 1. The monoisotopic (exact) mass is 308 g/mol. The lowest BCUT2D eigenvalue weighted by atomic mass is 10.1. The van der Waals surface area contributed by atoms with Gasteiger partial charge in [-0.3, -0.25) is 4.79 Å². The van der Waals surface area contributed by atoms with E-state index in [1.54, 1.807) is 12.1 Å². The molecule has 0 aliphatic rings. The molecule has 0 aliphatic carbocycles. The number of thiazole rings is 1. The number of hydrogen-bond donors (Lipinski definition) is 1. The van der Waals surface area contributed by atoms with E-state index < -0.39 is 5.97 Å². The van der Waals surface area contributed by atoms with Crippen LogP contribution in [0.3, 0.4) is 0 Å². The quantitative estimate of drug-likeness (QED) is 0.887. The zero-order valence-electron chi connectivity index (χ0n) is 11.9. The summed E-state index contributed by atoms with van der Waals surface area (Å²) in [7, 11) is 1.86. The zero-order chi connectivity index (χ0) is 15.4. The minimum atomic E-state index is -0.836. The molecule has 0 radical (unpaired) electrons.